The van der Waals surface area contributed by atoms with Gasteiger partial charge in [-0.15, -0.1) is 0 Å². The van der Waals surface area contributed by atoms with E-state index in [1.807, 2.05) is 0 Å². The standard InChI is InChI=1S/C25H42N2O19/c1-7(30)26-13-9(32)3-25(24(40)41,46-21(13)15(34)10(33)4-28)42-6-12-16(35)18(37)19(38)23(44-12)45-20-11(5-29)43-22(39)14(17(20)36)27-8(2)31/h9-23,28-29,32-39H,3-6H2,1-2H3,(H,26,30)(H,27,31)(H,40,41)/t9-,10+,11+,12+,13+,14+,15+,16+,17+,18-,19-,20+,21+,22+,23-,25+/m0/s1. The number of nitrogens with one attached hydrogen (secondary N) is 2. The van der Waals surface area contributed by atoms with Gasteiger partial charge in [0.25, 0.3) is 5.79 Å². The lowest BCUT2D eigenvalue weighted by atomic mass is 9.88. The number of aliphatic hydroxyl groups is 10. The fourth-order valence-corrected chi connectivity index (χ4v) is 5.46. The van der Waals surface area contributed by atoms with Gasteiger partial charge in [-0.3, -0.25) is 9.59 Å². The quantitative estimate of drug-likeness (QED) is 0.0913. The van der Waals surface area contributed by atoms with Crippen molar-refractivity contribution in [3.63, 3.8) is 0 Å². The van der Waals surface area contributed by atoms with E-state index >= 15 is 0 Å². The molecule has 0 aromatic carbocycles. The van der Waals surface area contributed by atoms with Crippen LogP contribution in [0.2, 0.25) is 0 Å². The van der Waals surface area contributed by atoms with Gasteiger partial charge in [0, 0.05) is 20.3 Å². The molecule has 0 spiro atoms. The van der Waals surface area contributed by atoms with Gasteiger partial charge < -0.3 is 90.5 Å². The minimum absolute atomic E-state index is 0.677. The predicted molar refractivity (Wildman–Crippen MR) is 142 cm³/mol. The van der Waals surface area contributed by atoms with Gasteiger partial charge in [0.15, 0.2) is 12.6 Å². The molecule has 3 rings (SSSR count). The zero-order valence-electron chi connectivity index (χ0n) is 24.7. The van der Waals surface area contributed by atoms with Crippen LogP contribution in [0.1, 0.15) is 20.3 Å². The predicted octanol–water partition coefficient (Wildman–Crippen LogP) is -8.08. The second kappa shape index (κ2) is 15.8. The lowest BCUT2D eigenvalue weighted by molar-refractivity contribution is -0.358. The summed E-state index contributed by atoms with van der Waals surface area (Å²) in [7, 11) is 0. The molecule has 16 atom stereocenters. The number of aliphatic carboxylic acids is 1. The van der Waals surface area contributed by atoms with Crippen LogP contribution in [-0.4, -0.2) is 191 Å². The van der Waals surface area contributed by atoms with Gasteiger partial charge in [-0.25, -0.2) is 4.79 Å². The lowest BCUT2D eigenvalue weighted by Crippen LogP contribution is -2.69. The van der Waals surface area contributed by atoms with E-state index in [0.717, 1.165) is 13.8 Å². The molecule has 0 aromatic heterocycles. The van der Waals surface area contributed by atoms with E-state index in [2.05, 4.69) is 10.6 Å². The van der Waals surface area contributed by atoms with Crippen molar-refractivity contribution >= 4 is 17.8 Å². The third kappa shape index (κ3) is 8.26. The van der Waals surface area contributed by atoms with Gasteiger partial charge in [-0.1, -0.05) is 0 Å². The summed E-state index contributed by atoms with van der Waals surface area (Å²) in [5, 5.41) is 117. The number of aliphatic hydroxyl groups excluding tert-OH is 10. The Kier molecular flexibility index (Phi) is 13.1. The molecule has 3 fully saturated rings. The van der Waals surface area contributed by atoms with Crippen LogP contribution in [0, 0.1) is 0 Å². The van der Waals surface area contributed by atoms with Crippen molar-refractivity contribution in [1.29, 1.82) is 0 Å². The summed E-state index contributed by atoms with van der Waals surface area (Å²) in [6, 6.07) is -2.96. The van der Waals surface area contributed by atoms with Crippen molar-refractivity contribution in [3.05, 3.63) is 0 Å². The number of carbonyl (C=O) groups excluding carboxylic acids is 2. The molecule has 13 N–H and O–H groups in total. The molecular weight excluding hydrogens is 632 g/mol. The minimum atomic E-state index is -2.84. The molecule has 3 aliphatic heterocycles. The molecule has 3 aliphatic rings. The van der Waals surface area contributed by atoms with E-state index in [-0.39, 0.29) is 0 Å². The Labute approximate surface area is 260 Å². The van der Waals surface area contributed by atoms with E-state index < -0.39 is 142 Å². The Hall–Kier alpha value is -2.19. The minimum Gasteiger partial charge on any atom is -0.477 e. The summed E-state index contributed by atoms with van der Waals surface area (Å²) in [5.74, 6) is -6.12. The first-order valence-electron chi connectivity index (χ1n) is 14.2. The zero-order chi connectivity index (χ0) is 34.7. The highest BCUT2D eigenvalue weighted by atomic mass is 16.8. The van der Waals surface area contributed by atoms with Crippen molar-refractivity contribution in [3.8, 4) is 0 Å². The van der Waals surface area contributed by atoms with Gasteiger partial charge in [0.2, 0.25) is 11.8 Å². The van der Waals surface area contributed by atoms with E-state index in [0.29, 0.717) is 0 Å². The zero-order valence-corrected chi connectivity index (χ0v) is 24.7. The molecule has 3 saturated heterocycles. The molecule has 0 aromatic rings. The molecular formula is C25H42N2O19. The average Bonchev–Trinajstić information content (AvgIpc) is 2.99. The smallest absolute Gasteiger partial charge is 0.364 e. The average molecular weight is 675 g/mol. The summed E-state index contributed by atoms with van der Waals surface area (Å²) in [6.07, 6.45) is -24.9. The Bertz CT molecular complexity index is 1050. The maximum absolute atomic E-state index is 12.4. The number of amides is 2. The Morgan fingerprint density at radius 3 is 2.02 bits per heavy atom. The molecule has 266 valence electrons. The van der Waals surface area contributed by atoms with Crippen LogP contribution >= 0.6 is 0 Å². The van der Waals surface area contributed by atoms with Crippen LogP contribution in [0.5, 0.6) is 0 Å². The maximum Gasteiger partial charge on any atom is 0.364 e. The second-order valence-electron chi connectivity index (χ2n) is 11.3. The number of rotatable bonds is 12. The van der Waals surface area contributed by atoms with Crippen LogP contribution in [0.15, 0.2) is 0 Å². The Balaban J connectivity index is 1.83. The Morgan fingerprint density at radius 2 is 1.48 bits per heavy atom. The van der Waals surface area contributed by atoms with E-state index in [1.165, 1.54) is 0 Å². The normalized spacial score (nSPS) is 42.9. The molecule has 0 aliphatic carbocycles. The van der Waals surface area contributed by atoms with E-state index in [1.54, 1.807) is 0 Å². The summed E-state index contributed by atoms with van der Waals surface area (Å²) < 4.78 is 27.2. The van der Waals surface area contributed by atoms with Crippen LogP contribution < -0.4 is 10.6 Å². The van der Waals surface area contributed by atoms with Crippen LogP contribution in [0.4, 0.5) is 0 Å². The third-order valence-electron chi connectivity index (χ3n) is 7.87. The number of hydrogen-bond donors (Lipinski definition) is 13. The van der Waals surface area contributed by atoms with Crippen LogP contribution in [-0.2, 0) is 38.1 Å². The first-order valence-corrected chi connectivity index (χ1v) is 14.2. The number of carboxylic acids is 1. The number of hydrogen-bond acceptors (Lipinski definition) is 18. The largest absolute Gasteiger partial charge is 0.477 e. The lowest BCUT2D eigenvalue weighted by Gasteiger charge is -2.48. The third-order valence-corrected chi connectivity index (χ3v) is 7.87. The number of carboxylic acid groups (broad SMARTS) is 1. The summed E-state index contributed by atoms with van der Waals surface area (Å²) >= 11 is 0. The first-order chi connectivity index (χ1) is 21.5. The highest BCUT2D eigenvalue weighted by Crippen LogP contribution is 2.35. The van der Waals surface area contributed by atoms with Crippen LogP contribution in [0.25, 0.3) is 0 Å². The van der Waals surface area contributed by atoms with Crippen molar-refractivity contribution < 1.29 is 94.2 Å². The fraction of sp³-hybridized carbons (Fsp3) is 0.880. The molecule has 46 heavy (non-hydrogen) atoms. The molecule has 3 heterocycles. The molecule has 2 amide bonds. The van der Waals surface area contributed by atoms with Crippen LogP contribution in [0.3, 0.4) is 0 Å². The first kappa shape index (κ1) is 38.3. The molecule has 0 unspecified atom stereocenters. The topological polar surface area (TPSA) is 344 Å². The summed E-state index contributed by atoms with van der Waals surface area (Å²) in [5.41, 5.74) is 0. The van der Waals surface area contributed by atoms with Gasteiger partial charge in [0.1, 0.15) is 67.1 Å². The number of carbonyl (C=O) groups is 3. The highest BCUT2D eigenvalue weighted by Gasteiger charge is 2.57. The molecule has 0 bridgehead atoms. The molecule has 21 nitrogen and oxygen atoms in total. The van der Waals surface area contributed by atoms with Crippen molar-refractivity contribution in [2.45, 2.75) is 118 Å². The van der Waals surface area contributed by atoms with Gasteiger partial charge >= 0.3 is 5.97 Å². The molecule has 0 radical (unpaired) electrons. The van der Waals surface area contributed by atoms with E-state index in [9.17, 15) is 70.6 Å². The highest BCUT2D eigenvalue weighted by molar-refractivity contribution is 5.76. The second-order valence-corrected chi connectivity index (χ2v) is 11.3. The fourth-order valence-electron chi connectivity index (χ4n) is 5.46. The maximum atomic E-state index is 12.4. The molecule has 0 saturated carbocycles. The Morgan fingerprint density at radius 1 is 0.870 bits per heavy atom. The van der Waals surface area contributed by atoms with Crippen molar-refractivity contribution in [2.24, 2.45) is 0 Å². The SMILES string of the molecule is CC(=O)N[C@@H]1[C@@H](O)[C@H](O[C@@H]2O[C@H](CO[C@]3(C(=O)O)C[C@H](O)[C@@H](NC(C)=O)[C@H]([C@H](O)[C@H](O)CO)O3)[C@@H](O)[C@H](O)[C@@H]2O)[C@@H](CO)O[C@H]1O. The van der Waals surface area contributed by atoms with Gasteiger partial charge in [0.05, 0.1) is 32.0 Å². The molecule has 21 heteroatoms. The van der Waals surface area contributed by atoms with E-state index in [4.69, 9.17) is 23.7 Å². The monoisotopic (exact) mass is 674 g/mol. The van der Waals surface area contributed by atoms with Crippen molar-refractivity contribution in [1.82, 2.24) is 10.6 Å². The summed E-state index contributed by atoms with van der Waals surface area (Å²) in [6.45, 7) is -0.695. The van der Waals surface area contributed by atoms with Gasteiger partial charge in [-0.2, -0.15) is 0 Å². The summed E-state index contributed by atoms with van der Waals surface area (Å²) in [4.78, 5) is 35.7. The number of ether oxygens (including phenoxy) is 5. The van der Waals surface area contributed by atoms with Gasteiger partial charge in [-0.05, 0) is 0 Å². The van der Waals surface area contributed by atoms with Crippen molar-refractivity contribution in [2.75, 3.05) is 19.8 Å².